The van der Waals surface area contributed by atoms with Crippen molar-refractivity contribution in [2.75, 3.05) is 27.4 Å². The highest BCUT2D eigenvalue weighted by atomic mass is 16.8. The quantitative estimate of drug-likeness (QED) is 0.122. The van der Waals surface area contributed by atoms with Crippen LogP contribution in [0.1, 0.15) is 112 Å². The van der Waals surface area contributed by atoms with Gasteiger partial charge in [-0.2, -0.15) is 0 Å². The number of hydrogen-bond acceptors (Lipinski definition) is 18. The maximum absolute atomic E-state index is 12.6. The number of aliphatic hydroxyl groups excluding tert-OH is 5. The summed E-state index contributed by atoms with van der Waals surface area (Å²) in [7, 11) is 3.12. The smallest absolute Gasteiger partial charge is 0.331 e. The number of carbonyl (C=O) groups excluding carboxylic acids is 1. The van der Waals surface area contributed by atoms with E-state index in [0.717, 1.165) is 63.4 Å². The Bertz CT molecular complexity index is 1740. The Morgan fingerprint density at radius 3 is 1.91 bits per heavy atom. The van der Waals surface area contributed by atoms with Crippen molar-refractivity contribution in [3.63, 3.8) is 0 Å². The van der Waals surface area contributed by atoms with Crippen molar-refractivity contribution in [3.8, 4) is 0 Å². The highest BCUT2D eigenvalue weighted by Crippen LogP contribution is 2.70. The van der Waals surface area contributed by atoms with Crippen LogP contribution in [-0.4, -0.2) is 180 Å². The van der Waals surface area contributed by atoms with Crippen LogP contribution in [0.25, 0.3) is 0 Å². The van der Waals surface area contributed by atoms with Gasteiger partial charge in [0.2, 0.25) is 0 Å². The van der Waals surface area contributed by atoms with Crippen LogP contribution in [0.2, 0.25) is 0 Å². The summed E-state index contributed by atoms with van der Waals surface area (Å²) in [6.07, 6.45) is -3.55. The fourth-order valence-electron chi connectivity index (χ4n) is 14.7. The Labute approximate surface area is 394 Å². The van der Waals surface area contributed by atoms with Gasteiger partial charge in [-0.15, -0.1) is 0 Å². The first-order valence-corrected chi connectivity index (χ1v) is 25.1. The summed E-state index contributed by atoms with van der Waals surface area (Å²) in [6, 6.07) is 0. The highest BCUT2D eigenvalue weighted by molar-refractivity contribution is 5.85. The maximum Gasteiger partial charge on any atom is 0.331 e. The molecule has 0 spiro atoms. The largest absolute Gasteiger partial charge is 0.458 e. The van der Waals surface area contributed by atoms with Crippen molar-refractivity contribution < 1.29 is 87.5 Å². The van der Waals surface area contributed by atoms with Gasteiger partial charge in [0.1, 0.15) is 49.3 Å². The summed E-state index contributed by atoms with van der Waals surface area (Å²) in [5.74, 6) is 1.07. The molecule has 0 aromatic rings. The van der Waals surface area contributed by atoms with E-state index in [9.17, 15) is 35.4 Å². The lowest BCUT2D eigenvalue weighted by atomic mass is 9.43. The fraction of sp³-hybridized carbons (Fsp3) is 0.939. The SMILES string of the molecule is COC1CC(OC2C(O)CC(OC3CCC4(C)C(CCC5C4CCC4(C)C(C6=CC(=O)OC6)CCC54O)C3)OC2C)OC(C)C1OC1CC(OC)C(OC2OC(CO)C(O)C(O)C2O)C(C)O1. The molecule has 67 heavy (non-hydrogen) atoms. The number of aliphatic hydroxyl groups is 6. The van der Waals surface area contributed by atoms with Crippen molar-refractivity contribution in [2.45, 2.75) is 228 Å². The molecule has 8 fully saturated rings. The van der Waals surface area contributed by atoms with Crippen LogP contribution in [0, 0.1) is 34.5 Å². The van der Waals surface area contributed by atoms with Gasteiger partial charge < -0.3 is 82.7 Å². The van der Waals surface area contributed by atoms with Crippen LogP contribution in [0.4, 0.5) is 0 Å². The molecule has 25 unspecified atom stereocenters. The number of hydrogen-bond donors (Lipinski definition) is 6. The molecule has 0 amide bonds. The molecule has 4 saturated heterocycles. The second-order valence-electron chi connectivity index (χ2n) is 22.0. The van der Waals surface area contributed by atoms with Gasteiger partial charge in [-0.3, -0.25) is 0 Å². The van der Waals surface area contributed by atoms with Crippen molar-refractivity contribution >= 4 is 5.97 Å². The van der Waals surface area contributed by atoms with Gasteiger partial charge in [-0.05, 0) is 113 Å². The number of rotatable bonds is 12. The van der Waals surface area contributed by atoms with E-state index in [1.54, 1.807) is 20.1 Å². The predicted molar refractivity (Wildman–Crippen MR) is 233 cm³/mol. The minimum absolute atomic E-state index is 0.00854. The van der Waals surface area contributed by atoms with E-state index >= 15 is 0 Å². The fourth-order valence-corrected chi connectivity index (χ4v) is 14.7. The van der Waals surface area contributed by atoms with E-state index < -0.39 is 117 Å². The van der Waals surface area contributed by atoms with Crippen LogP contribution >= 0.6 is 0 Å². The van der Waals surface area contributed by atoms with Gasteiger partial charge in [0.05, 0.1) is 54.9 Å². The molecule has 9 rings (SSSR count). The molecule has 0 bridgehead atoms. The van der Waals surface area contributed by atoms with E-state index in [2.05, 4.69) is 13.8 Å². The number of methoxy groups -OCH3 is 2. The lowest BCUT2D eigenvalue weighted by Gasteiger charge is -2.64. The van der Waals surface area contributed by atoms with Crippen molar-refractivity contribution in [1.82, 2.24) is 0 Å². The molecular weight excluding hydrogens is 877 g/mol. The Morgan fingerprint density at radius 1 is 0.672 bits per heavy atom. The second kappa shape index (κ2) is 19.9. The monoisotopic (exact) mass is 955 g/mol. The maximum atomic E-state index is 12.6. The normalized spacial score (nSPS) is 53.6. The lowest BCUT2D eigenvalue weighted by molar-refractivity contribution is -0.357. The predicted octanol–water partition coefficient (Wildman–Crippen LogP) is 2.38. The molecular formula is C49H78O18. The van der Waals surface area contributed by atoms with Gasteiger partial charge in [0, 0.05) is 45.0 Å². The molecule has 0 aromatic carbocycles. The number of fused-ring (bicyclic) bond motifs is 5. The third-order valence-corrected chi connectivity index (χ3v) is 18.5. The molecule has 6 N–H and O–H groups in total. The Balaban J connectivity index is 0.746. The summed E-state index contributed by atoms with van der Waals surface area (Å²) in [5, 5.41) is 64.8. The van der Waals surface area contributed by atoms with Crippen LogP contribution in [0.15, 0.2) is 11.6 Å². The van der Waals surface area contributed by atoms with Crippen LogP contribution in [-0.2, 0) is 56.9 Å². The van der Waals surface area contributed by atoms with Gasteiger partial charge in [-0.25, -0.2) is 4.79 Å². The highest BCUT2D eigenvalue weighted by Gasteiger charge is 2.68. The molecule has 18 nitrogen and oxygen atoms in total. The van der Waals surface area contributed by atoms with E-state index in [-0.39, 0.29) is 47.6 Å². The van der Waals surface area contributed by atoms with E-state index in [1.165, 1.54) is 7.11 Å². The standard InChI is InChI=1S/C49H78O18/c1-23-43(65-38-19-33(57-6)44(24(2)61-38)66-39-20-34(58-7)45(25(3)62-39)67-46-42(55)41(54)40(53)35(21-50)64-46)32(51)18-37(60-23)63-28-10-13-47(4)27(17-28)8-9-31-30(47)11-14-48(5)29(12-15-49(31,48)56)26-16-36(52)59-22-26/h16,23-25,27-35,37-46,50-51,53-56H,8-15,17-22H2,1-7H3. The van der Waals surface area contributed by atoms with E-state index in [4.69, 9.17) is 52.1 Å². The number of cyclic esters (lactones) is 1. The molecule has 0 aromatic heterocycles. The first kappa shape index (κ1) is 50.5. The molecule has 5 heterocycles. The van der Waals surface area contributed by atoms with E-state index in [0.29, 0.717) is 24.9 Å². The Hall–Kier alpha value is -1.43. The first-order chi connectivity index (χ1) is 31.9. The molecule has 382 valence electrons. The topological polar surface area (TPSA) is 240 Å². The van der Waals surface area contributed by atoms with Crippen LogP contribution in [0.5, 0.6) is 0 Å². The Morgan fingerprint density at radius 2 is 1.30 bits per heavy atom. The number of esters is 1. The zero-order valence-corrected chi connectivity index (χ0v) is 40.3. The minimum Gasteiger partial charge on any atom is -0.458 e. The van der Waals surface area contributed by atoms with Gasteiger partial charge >= 0.3 is 5.97 Å². The van der Waals surface area contributed by atoms with Crippen molar-refractivity contribution in [3.05, 3.63) is 11.6 Å². The molecule has 4 aliphatic carbocycles. The van der Waals surface area contributed by atoms with Crippen LogP contribution < -0.4 is 0 Å². The van der Waals surface area contributed by atoms with Gasteiger partial charge in [0.25, 0.3) is 0 Å². The summed E-state index contributed by atoms with van der Waals surface area (Å²) in [4.78, 5) is 12.0. The van der Waals surface area contributed by atoms with Gasteiger partial charge in [0.15, 0.2) is 25.2 Å². The Kier molecular flexibility index (Phi) is 15.0. The molecule has 9 aliphatic rings. The number of carbonyl (C=O) groups is 1. The summed E-state index contributed by atoms with van der Waals surface area (Å²) < 4.78 is 67.3. The molecule has 18 heteroatoms. The van der Waals surface area contributed by atoms with Crippen molar-refractivity contribution in [1.29, 1.82) is 0 Å². The third kappa shape index (κ3) is 9.22. The van der Waals surface area contributed by atoms with Gasteiger partial charge in [-0.1, -0.05) is 13.8 Å². The van der Waals surface area contributed by atoms with Crippen molar-refractivity contribution in [2.24, 2.45) is 34.5 Å². The lowest BCUT2D eigenvalue weighted by Crippen LogP contribution is -2.62. The molecule has 0 radical (unpaired) electrons. The number of ether oxygens (including phenoxy) is 11. The molecule has 4 saturated carbocycles. The first-order valence-electron chi connectivity index (χ1n) is 25.1. The molecule has 25 atom stereocenters. The average molecular weight is 955 g/mol. The zero-order chi connectivity index (χ0) is 47.7. The van der Waals surface area contributed by atoms with E-state index in [1.807, 2.05) is 13.8 Å². The second-order valence-corrected chi connectivity index (χ2v) is 22.0. The third-order valence-electron chi connectivity index (χ3n) is 18.5. The molecule has 5 aliphatic heterocycles. The summed E-state index contributed by atoms with van der Waals surface area (Å²) in [5.41, 5.74) is 0.161. The minimum atomic E-state index is -1.58. The zero-order valence-electron chi connectivity index (χ0n) is 40.3. The summed E-state index contributed by atoms with van der Waals surface area (Å²) in [6.45, 7) is 10.0. The average Bonchev–Trinajstić information content (AvgIpc) is 3.85. The van der Waals surface area contributed by atoms with Crippen LogP contribution in [0.3, 0.4) is 0 Å². The summed E-state index contributed by atoms with van der Waals surface area (Å²) >= 11 is 0.